The van der Waals surface area contributed by atoms with E-state index in [9.17, 15) is 4.79 Å². The number of hydrogen-bond donors (Lipinski definition) is 1. The van der Waals surface area contributed by atoms with Gasteiger partial charge in [-0.25, -0.2) is 5.43 Å². The summed E-state index contributed by atoms with van der Waals surface area (Å²) in [6.07, 6.45) is 0.236. The molecule has 5 heteroatoms. The minimum atomic E-state index is -0.165. The molecule has 0 aromatic heterocycles. The Morgan fingerprint density at radius 1 is 1.08 bits per heavy atom. The Morgan fingerprint density at radius 2 is 1.84 bits per heavy atom. The molecule has 0 saturated heterocycles. The number of amides is 1. The highest BCUT2D eigenvalue weighted by molar-refractivity contribution is 6.00. The van der Waals surface area contributed by atoms with Gasteiger partial charge in [-0.15, -0.1) is 0 Å². The summed E-state index contributed by atoms with van der Waals surface area (Å²) in [7, 11) is 0. The van der Waals surface area contributed by atoms with E-state index < -0.39 is 0 Å². The Kier molecular flexibility index (Phi) is 5.03. The molecule has 0 fully saturated rings. The maximum absolute atomic E-state index is 12.2. The Morgan fingerprint density at radius 3 is 2.64 bits per heavy atom. The van der Waals surface area contributed by atoms with Crippen LogP contribution in [0, 0.1) is 13.8 Å². The zero-order chi connectivity index (χ0) is 17.8. The van der Waals surface area contributed by atoms with Crippen LogP contribution in [0.15, 0.2) is 41.5 Å². The third-order valence-corrected chi connectivity index (χ3v) is 4.10. The minimum Gasteiger partial charge on any atom is -0.486 e. The zero-order valence-corrected chi connectivity index (χ0v) is 14.8. The van der Waals surface area contributed by atoms with Crippen LogP contribution in [0.2, 0.25) is 0 Å². The first kappa shape index (κ1) is 17.0. The number of nitrogens with zero attached hydrogens (tertiary/aromatic N) is 1. The summed E-state index contributed by atoms with van der Waals surface area (Å²) in [6.45, 7) is 7.05. The van der Waals surface area contributed by atoms with Gasteiger partial charge in [0, 0.05) is 5.56 Å². The Balaban J connectivity index is 1.65. The normalized spacial score (nSPS) is 13.5. The topological polar surface area (TPSA) is 59.9 Å². The maximum atomic E-state index is 12.2. The van der Waals surface area contributed by atoms with Gasteiger partial charge in [0.25, 0.3) is 0 Å². The Hall–Kier alpha value is -2.82. The third-order valence-electron chi connectivity index (χ3n) is 4.10. The van der Waals surface area contributed by atoms with E-state index >= 15 is 0 Å². The summed E-state index contributed by atoms with van der Waals surface area (Å²) < 4.78 is 11.0. The average molecular weight is 338 g/mol. The Bertz CT molecular complexity index is 828. The van der Waals surface area contributed by atoms with Gasteiger partial charge in [0.15, 0.2) is 11.5 Å². The van der Waals surface area contributed by atoms with Gasteiger partial charge in [-0.1, -0.05) is 23.8 Å². The molecule has 0 bridgehead atoms. The lowest BCUT2D eigenvalue weighted by molar-refractivity contribution is -0.120. The first-order chi connectivity index (χ1) is 12.0. The van der Waals surface area contributed by atoms with Crippen LogP contribution in [0.4, 0.5) is 0 Å². The second-order valence-electron chi connectivity index (χ2n) is 6.21. The van der Waals surface area contributed by atoms with Crippen molar-refractivity contribution in [3.05, 3.63) is 58.7 Å². The van der Waals surface area contributed by atoms with Crippen molar-refractivity contribution in [1.29, 1.82) is 0 Å². The average Bonchev–Trinajstić information content (AvgIpc) is 2.61. The SMILES string of the molecule is C/C(=N/NC(=O)Cc1ccc2c(c1)OCCO2)c1cc(C)ccc1C. The van der Waals surface area contributed by atoms with Crippen LogP contribution in [0.5, 0.6) is 11.5 Å². The third kappa shape index (κ3) is 4.18. The van der Waals surface area contributed by atoms with Gasteiger partial charge >= 0.3 is 0 Å². The highest BCUT2D eigenvalue weighted by Gasteiger charge is 2.13. The smallest absolute Gasteiger partial charge is 0.244 e. The van der Waals surface area contributed by atoms with Gasteiger partial charge in [-0.2, -0.15) is 5.10 Å². The predicted octanol–water partition coefficient (Wildman–Crippen LogP) is 3.16. The van der Waals surface area contributed by atoms with Gasteiger partial charge in [-0.3, -0.25) is 4.79 Å². The molecule has 1 amide bonds. The van der Waals surface area contributed by atoms with Crippen LogP contribution in [-0.2, 0) is 11.2 Å². The van der Waals surface area contributed by atoms with Crippen LogP contribution < -0.4 is 14.9 Å². The van der Waals surface area contributed by atoms with Gasteiger partial charge in [-0.05, 0) is 50.1 Å². The first-order valence-corrected chi connectivity index (χ1v) is 8.32. The summed E-state index contributed by atoms with van der Waals surface area (Å²) >= 11 is 0. The van der Waals surface area contributed by atoms with Crippen LogP contribution in [0.3, 0.4) is 0 Å². The number of hydrazone groups is 1. The van der Waals surface area contributed by atoms with Gasteiger partial charge in [0.05, 0.1) is 12.1 Å². The largest absolute Gasteiger partial charge is 0.486 e. The second kappa shape index (κ2) is 7.38. The number of rotatable bonds is 4. The number of hydrogen-bond acceptors (Lipinski definition) is 4. The van der Waals surface area contributed by atoms with E-state index in [0.29, 0.717) is 19.0 Å². The number of ether oxygens (including phenoxy) is 2. The molecule has 25 heavy (non-hydrogen) atoms. The zero-order valence-electron chi connectivity index (χ0n) is 14.8. The molecule has 0 atom stereocenters. The molecule has 2 aromatic carbocycles. The molecule has 2 aromatic rings. The van der Waals surface area contributed by atoms with Gasteiger partial charge in [0.2, 0.25) is 5.91 Å². The van der Waals surface area contributed by atoms with Crippen molar-refractivity contribution in [2.45, 2.75) is 27.2 Å². The molecule has 3 rings (SSSR count). The highest BCUT2D eigenvalue weighted by atomic mass is 16.6. The van der Waals surface area contributed by atoms with Crippen molar-refractivity contribution >= 4 is 11.6 Å². The number of carbonyl (C=O) groups is 1. The van der Waals surface area contributed by atoms with Crippen molar-refractivity contribution in [1.82, 2.24) is 5.43 Å². The van der Waals surface area contributed by atoms with Crippen molar-refractivity contribution < 1.29 is 14.3 Å². The molecular weight excluding hydrogens is 316 g/mol. The number of aryl methyl sites for hydroxylation is 2. The lowest BCUT2D eigenvalue weighted by Crippen LogP contribution is -2.22. The van der Waals surface area contributed by atoms with E-state index in [1.54, 1.807) is 0 Å². The predicted molar refractivity (Wildman–Crippen MR) is 97.4 cm³/mol. The summed E-state index contributed by atoms with van der Waals surface area (Å²) in [5.41, 5.74) is 7.62. The molecule has 1 N–H and O–H groups in total. The molecule has 130 valence electrons. The highest BCUT2D eigenvalue weighted by Crippen LogP contribution is 2.30. The number of benzene rings is 2. The maximum Gasteiger partial charge on any atom is 0.244 e. The van der Waals surface area contributed by atoms with Gasteiger partial charge < -0.3 is 9.47 Å². The van der Waals surface area contributed by atoms with Crippen LogP contribution in [0.1, 0.15) is 29.2 Å². The molecule has 1 aliphatic heterocycles. The van der Waals surface area contributed by atoms with E-state index in [4.69, 9.17) is 9.47 Å². The van der Waals surface area contributed by atoms with E-state index in [2.05, 4.69) is 28.7 Å². The minimum absolute atomic E-state index is 0.165. The van der Waals surface area contributed by atoms with Crippen molar-refractivity contribution in [3.63, 3.8) is 0 Å². The molecule has 0 unspecified atom stereocenters. The fourth-order valence-corrected chi connectivity index (χ4v) is 2.75. The Labute approximate surface area is 147 Å². The molecule has 1 aliphatic rings. The lowest BCUT2D eigenvalue weighted by atomic mass is 10.0. The van der Waals surface area contributed by atoms with Crippen LogP contribution in [-0.4, -0.2) is 24.8 Å². The molecule has 0 aliphatic carbocycles. The molecule has 0 spiro atoms. The lowest BCUT2D eigenvalue weighted by Gasteiger charge is -2.18. The molecule has 5 nitrogen and oxygen atoms in total. The molecule has 1 heterocycles. The van der Waals surface area contributed by atoms with Gasteiger partial charge in [0.1, 0.15) is 13.2 Å². The summed E-state index contributed by atoms with van der Waals surface area (Å²) in [6, 6.07) is 11.7. The standard InChI is InChI=1S/C20H22N2O3/c1-13-4-5-14(2)17(10-13)15(3)21-22-20(23)12-16-6-7-18-19(11-16)25-9-8-24-18/h4-7,10-11H,8-9,12H2,1-3H3,(H,22,23)/b21-15-. The summed E-state index contributed by atoms with van der Waals surface area (Å²) in [5, 5.41) is 4.24. The van der Waals surface area contributed by atoms with E-state index in [-0.39, 0.29) is 12.3 Å². The van der Waals surface area contributed by atoms with Crippen LogP contribution >= 0.6 is 0 Å². The van der Waals surface area contributed by atoms with Crippen molar-refractivity contribution in [2.24, 2.45) is 5.10 Å². The number of nitrogens with one attached hydrogen (secondary N) is 1. The van der Waals surface area contributed by atoms with E-state index in [1.807, 2.05) is 39.0 Å². The van der Waals surface area contributed by atoms with E-state index in [1.165, 1.54) is 0 Å². The van der Waals surface area contributed by atoms with Crippen molar-refractivity contribution in [2.75, 3.05) is 13.2 Å². The fourth-order valence-electron chi connectivity index (χ4n) is 2.75. The number of carbonyl (C=O) groups excluding carboxylic acids is 1. The number of fused-ring (bicyclic) bond motifs is 1. The quantitative estimate of drug-likeness (QED) is 0.688. The second-order valence-corrected chi connectivity index (χ2v) is 6.21. The van der Waals surface area contributed by atoms with Crippen LogP contribution in [0.25, 0.3) is 0 Å². The molecule has 0 radical (unpaired) electrons. The van der Waals surface area contributed by atoms with E-state index in [0.717, 1.165) is 33.7 Å². The summed E-state index contributed by atoms with van der Waals surface area (Å²) in [5.74, 6) is 1.24. The molecular formula is C20H22N2O3. The fraction of sp³-hybridized carbons (Fsp3) is 0.300. The summed E-state index contributed by atoms with van der Waals surface area (Å²) in [4.78, 5) is 12.2. The molecule has 0 saturated carbocycles. The van der Waals surface area contributed by atoms with Crippen molar-refractivity contribution in [3.8, 4) is 11.5 Å². The first-order valence-electron chi connectivity index (χ1n) is 8.32. The monoisotopic (exact) mass is 338 g/mol.